The van der Waals surface area contributed by atoms with E-state index >= 15 is 0 Å². The zero-order chi connectivity index (χ0) is 14.0. The van der Waals surface area contributed by atoms with Crippen LogP contribution in [0, 0.1) is 12.1 Å². The van der Waals surface area contributed by atoms with E-state index in [1.807, 2.05) is 6.92 Å². The van der Waals surface area contributed by atoms with Crippen LogP contribution in [-0.4, -0.2) is 8.42 Å². The van der Waals surface area contributed by atoms with Crippen LogP contribution >= 0.6 is 11.6 Å². The van der Waals surface area contributed by atoms with E-state index in [0.29, 0.717) is 10.3 Å². The van der Waals surface area contributed by atoms with Crippen LogP contribution in [0.15, 0.2) is 53.7 Å². The average molecular weight is 298 g/mol. The van der Waals surface area contributed by atoms with E-state index in [4.69, 9.17) is 11.6 Å². The molecule has 6 heteroatoms. The lowest BCUT2D eigenvalue weighted by Gasteiger charge is -2.11. The van der Waals surface area contributed by atoms with Gasteiger partial charge in [-0.1, -0.05) is 41.4 Å². The predicted molar refractivity (Wildman–Crippen MR) is 72.4 cm³/mol. The van der Waals surface area contributed by atoms with Crippen molar-refractivity contribution in [1.82, 2.24) is 0 Å². The topological polar surface area (TPSA) is 61.1 Å². The van der Waals surface area contributed by atoms with Gasteiger partial charge in [0.15, 0.2) is 10.9 Å². The maximum absolute atomic E-state index is 12.3. The smallest absolute Gasteiger partial charge is 0.310 e. The maximum atomic E-state index is 12.3. The number of pyridine rings is 1. The van der Waals surface area contributed by atoms with Crippen LogP contribution in [-0.2, 0) is 9.84 Å². The minimum Gasteiger partial charge on any atom is -0.618 e. The van der Waals surface area contributed by atoms with E-state index in [-0.39, 0.29) is 5.03 Å². The summed E-state index contributed by atoms with van der Waals surface area (Å²) in [5.74, 6) is 0. The van der Waals surface area contributed by atoms with Crippen molar-refractivity contribution in [2.45, 2.75) is 16.7 Å². The van der Waals surface area contributed by atoms with Crippen molar-refractivity contribution < 1.29 is 13.1 Å². The quantitative estimate of drug-likeness (QED) is 0.496. The fourth-order valence-corrected chi connectivity index (χ4v) is 3.36. The van der Waals surface area contributed by atoms with Crippen LogP contribution in [0.1, 0.15) is 15.8 Å². The first-order chi connectivity index (χ1) is 8.93. The number of halogens is 1. The van der Waals surface area contributed by atoms with Gasteiger partial charge in [-0.3, -0.25) is 0 Å². The molecule has 1 aromatic heterocycles. The van der Waals surface area contributed by atoms with Crippen LogP contribution < -0.4 is 4.73 Å². The Labute approximate surface area is 116 Å². The number of alkyl halides is 1. The van der Waals surface area contributed by atoms with Crippen LogP contribution in [0.3, 0.4) is 0 Å². The van der Waals surface area contributed by atoms with Gasteiger partial charge in [0.1, 0.15) is 0 Å². The van der Waals surface area contributed by atoms with E-state index in [1.54, 1.807) is 24.3 Å². The van der Waals surface area contributed by atoms with Crippen molar-refractivity contribution in [3.63, 3.8) is 0 Å². The molecule has 2 rings (SSSR count). The Morgan fingerprint density at radius 3 is 2.37 bits per heavy atom. The van der Waals surface area contributed by atoms with E-state index in [9.17, 15) is 13.6 Å². The number of hydrogen-bond acceptors (Lipinski definition) is 3. The van der Waals surface area contributed by atoms with Gasteiger partial charge in [-0.2, -0.15) is 4.73 Å². The van der Waals surface area contributed by atoms with Crippen molar-refractivity contribution >= 4 is 21.4 Å². The van der Waals surface area contributed by atoms with Crippen LogP contribution in [0.25, 0.3) is 0 Å². The fourth-order valence-electron chi connectivity index (χ4n) is 1.64. The molecule has 0 amide bonds. The highest BCUT2D eigenvalue weighted by atomic mass is 35.5. The molecule has 1 heterocycles. The molecule has 0 bridgehead atoms. The molecule has 0 aliphatic carbocycles. The highest BCUT2D eigenvalue weighted by molar-refractivity contribution is 7.92. The minimum atomic E-state index is -3.92. The molecule has 1 aromatic carbocycles. The van der Waals surface area contributed by atoms with E-state index in [2.05, 4.69) is 0 Å². The Bertz CT molecular complexity index is 683. The normalized spacial score (nSPS) is 13.2. The molecule has 19 heavy (non-hydrogen) atoms. The Balaban J connectivity index is 2.45. The number of aromatic nitrogens is 1. The minimum absolute atomic E-state index is 0.304. The summed E-state index contributed by atoms with van der Waals surface area (Å²) in [7, 11) is -3.92. The zero-order valence-electron chi connectivity index (χ0n) is 10.2. The SMILES string of the molecule is Cc1ccc(C(Cl)S(=O)(=O)c2cccc[n+]2[O-])cc1. The molecule has 0 N–H and O–H groups in total. The molecule has 0 aliphatic rings. The van der Waals surface area contributed by atoms with Crippen molar-refractivity contribution in [1.29, 1.82) is 0 Å². The number of nitrogens with zero attached hydrogens (tertiary/aromatic N) is 1. The van der Waals surface area contributed by atoms with Gasteiger partial charge in [0.2, 0.25) is 0 Å². The van der Waals surface area contributed by atoms with Gasteiger partial charge < -0.3 is 5.21 Å². The first kappa shape index (κ1) is 13.8. The molecular formula is C13H12ClNO3S. The molecule has 0 fully saturated rings. The van der Waals surface area contributed by atoms with Crippen molar-refractivity contribution in [3.8, 4) is 0 Å². The number of aryl methyl sites for hydroxylation is 1. The van der Waals surface area contributed by atoms with Gasteiger partial charge in [0, 0.05) is 12.1 Å². The second-order valence-electron chi connectivity index (χ2n) is 4.14. The fraction of sp³-hybridized carbons (Fsp3) is 0.154. The summed E-state index contributed by atoms with van der Waals surface area (Å²) >= 11 is 6.02. The zero-order valence-corrected chi connectivity index (χ0v) is 11.7. The molecule has 0 saturated heterocycles. The van der Waals surface area contributed by atoms with Gasteiger partial charge in [-0.25, -0.2) is 8.42 Å². The van der Waals surface area contributed by atoms with E-state index in [1.165, 1.54) is 18.2 Å². The summed E-state index contributed by atoms with van der Waals surface area (Å²) in [4.78, 5) is 0. The average Bonchev–Trinajstić information content (AvgIpc) is 2.39. The Hall–Kier alpha value is -1.59. The van der Waals surface area contributed by atoms with Crippen molar-refractivity contribution in [2.75, 3.05) is 0 Å². The summed E-state index contributed by atoms with van der Waals surface area (Å²) in [5, 5.41) is 11.2. The molecule has 1 unspecified atom stereocenters. The van der Waals surface area contributed by atoms with Gasteiger partial charge in [-0.15, -0.1) is 0 Å². The predicted octanol–water partition coefficient (Wildman–Crippen LogP) is 2.34. The third-order valence-corrected chi connectivity index (χ3v) is 5.36. The van der Waals surface area contributed by atoms with Crippen molar-refractivity contribution in [3.05, 3.63) is 65.0 Å². The number of sulfone groups is 1. The van der Waals surface area contributed by atoms with Crippen molar-refractivity contribution in [2.24, 2.45) is 0 Å². The lowest BCUT2D eigenvalue weighted by molar-refractivity contribution is -0.646. The molecule has 0 radical (unpaired) electrons. The Morgan fingerprint density at radius 1 is 1.16 bits per heavy atom. The molecule has 2 aromatic rings. The molecule has 0 saturated carbocycles. The first-order valence-corrected chi connectivity index (χ1v) is 7.54. The highest BCUT2D eigenvalue weighted by Crippen LogP contribution is 2.30. The van der Waals surface area contributed by atoms with Crippen LogP contribution in [0.4, 0.5) is 0 Å². The summed E-state index contributed by atoms with van der Waals surface area (Å²) in [6.45, 7) is 1.89. The Morgan fingerprint density at radius 2 is 1.79 bits per heavy atom. The third-order valence-electron chi connectivity index (χ3n) is 2.69. The van der Waals surface area contributed by atoms with Gasteiger partial charge in [0.05, 0.1) is 0 Å². The summed E-state index contributed by atoms with van der Waals surface area (Å²) < 4.78 is 23.6. The lowest BCUT2D eigenvalue weighted by Crippen LogP contribution is -2.34. The standard InChI is InChI=1S/C13H12ClNO3S/c1-10-5-7-11(8-6-10)13(14)19(17,18)12-4-2-3-9-15(12)16/h2-9,13H,1H3. The molecule has 4 nitrogen and oxygen atoms in total. The molecule has 0 spiro atoms. The lowest BCUT2D eigenvalue weighted by atomic mass is 10.2. The number of benzene rings is 1. The summed E-state index contributed by atoms with van der Waals surface area (Å²) in [6.07, 6.45) is 1.13. The van der Waals surface area contributed by atoms with E-state index in [0.717, 1.165) is 11.8 Å². The van der Waals surface area contributed by atoms with Gasteiger partial charge >= 0.3 is 5.03 Å². The monoisotopic (exact) mass is 297 g/mol. The molecular weight excluding hydrogens is 286 g/mol. The molecule has 1 atom stereocenters. The summed E-state index contributed by atoms with van der Waals surface area (Å²) in [5.41, 5.74) is 1.44. The number of rotatable bonds is 3. The largest absolute Gasteiger partial charge is 0.618 e. The van der Waals surface area contributed by atoms with Crippen LogP contribution in [0.2, 0.25) is 0 Å². The molecule has 100 valence electrons. The van der Waals surface area contributed by atoms with Gasteiger partial charge in [-0.05, 0) is 18.6 Å². The maximum Gasteiger partial charge on any atom is 0.310 e. The summed E-state index contributed by atoms with van der Waals surface area (Å²) in [6, 6.07) is 11.0. The third kappa shape index (κ3) is 2.72. The molecule has 0 aliphatic heterocycles. The first-order valence-electron chi connectivity index (χ1n) is 5.55. The number of hydrogen-bond donors (Lipinski definition) is 0. The second-order valence-corrected chi connectivity index (χ2v) is 6.81. The highest BCUT2D eigenvalue weighted by Gasteiger charge is 2.33. The Kier molecular flexibility index (Phi) is 3.78. The van der Waals surface area contributed by atoms with E-state index < -0.39 is 14.5 Å². The van der Waals surface area contributed by atoms with Gasteiger partial charge in [0.25, 0.3) is 9.84 Å². The van der Waals surface area contributed by atoms with Crippen LogP contribution in [0.5, 0.6) is 0 Å². The second kappa shape index (κ2) is 5.19.